The monoisotopic (exact) mass is 307 g/mol. The van der Waals surface area contributed by atoms with Crippen LogP contribution in [0.5, 0.6) is 0 Å². The summed E-state index contributed by atoms with van der Waals surface area (Å²) in [7, 11) is 0. The van der Waals surface area contributed by atoms with Crippen LogP contribution in [0.2, 0.25) is 5.02 Å². The molecule has 0 spiro atoms. The first-order valence-corrected chi connectivity index (χ1v) is 7.71. The average molecular weight is 308 g/mol. The third kappa shape index (κ3) is 2.08. The molecule has 0 saturated heterocycles. The Bertz CT molecular complexity index is 920. The first kappa shape index (κ1) is 13.4. The zero-order valence-corrected chi connectivity index (χ0v) is 12.7. The second-order valence-electron chi connectivity index (χ2n) is 5.54. The van der Waals surface area contributed by atoms with Gasteiger partial charge in [-0.1, -0.05) is 48.0 Å². The number of rotatable bonds is 1. The maximum absolute atomic E-state index is 12.8. The summed E-state index contributed by atoms with van der Waals surface area (Å²) >= 11 is 6.19. The Morgan fingerprint density at radius 3 is 2.64 bits per heavy atom. The van der Waals surface area contributed by atoms with Crippen LogP contribution < -0.4 is 0 Å². The molecule has 0 radical (unpaired) electrons. The Kier molecular flexibility index (Phi) is 3.12. The topological polar surface area (TPSA) is 32.9 Å². The summed E-state index contributed by atoms with van der Waals surface area (Å²) in [6, 6.07) is 15.7. The normalized spacial score (nSPS) is 16.2. The molecule has 1 aromatic heterocycles. The Morgan fingerprint density at radius 1 is 1.00 bits per heavy atom. The first-order chi connectivity index (χ1) is 10.7. The molecular weight excluding hydrogens is 294 g/mol. The van der Waals surface area contributed by atoms with E-state index in [1.807, 2.05) is 48.5 Å². The highest BCUT2D eigenvalue weighted by atomic mass is 35.5. The smallest absolute Gasteiger partial charge is 0.205 e. The molecule has 2 aromatic carbocycles. The van der Waals surface area contributed by atoms with Crippen LogP contribution in [-0.2, 0) is 6.42 Å². The Balaban J connectivity index is 1.81. The van der Waals surface area contributed by atoms with Crippen molar-refractivity contribution in [2.75, 3.05) is 0 Å². The minimum absolute atomic E-state index is 0.0809. The van der Waals surface area contributed by atoms with Crippen LogP contribution in [0.3, 0.4) is 0 Å². The standard InChI is InChI=1S/C19H14ClNO/c20-16-7-3-1-5-12(16)11-13-9-10-15-14-6-2-4-8-17(14)21-18(15)19(13)22/h1-8,11,21H,9-10H2/b13-11+. The fourth-order valence-corrected chi connectivity index (χ4v) is 3.30. The average Bonchev–Trinajstić information content (AvgIpc) is 2.92. The summed E-state index contributed by atoms with van der Waals surface area (Å²) in [5.74, 6) is 0.0809. The molecule has 0 aliphatic heterocycles. The summed E-state index contributed by atoms with van der Waals surface area (Å²) in [5.41, 5.74) is 4.60. The summed E-state index contributed by atoms with van der Waals surface area (Å²) in [4.78, 5) is 16.0. The number of carbonyl (C=O) groups is 1. The van der Waals surface area contributed by atoms with Crippen LogP contribution >= 0.6 is 11.6 Å². The van der Waals surface area contributed by atoms with Gasteiger partial charge in [0.2, 0.25) is 5.78 Å². The van der Waals surface area contributed by atoms with Gasteiger partial charge in [0.25, 0.3) is 0 Å². The molecule has 1 aliphatic carbocycles. The lowest BCUT2D eigenvalue weighted by Crippen LogP contribution is -2.13. The van der Waals surface area contributed by atoms with Gasteiger partial charge in [-0.25, -0.2) is 0 Å². The molecule has 22 heavy (non-hydrogen) atoms. The highest BCUT2D eigenvalue weighted by Crippen LogP contribution is 2.32. The fraction of sp³-hybridized carbons (Fsp3) is 0.105. The largest absolute Gasteiger partial charge is 0.352 e. The molecular formula is C19H14ClNO. The molecule has 0 amide bonds. The molecule has 1 heterocycles. The molecule has 3 aromatic rings. The van der Waals surface area contributed by atoms with Gasteiger partial charge in [-0.2, -0.15) is 0 Å². The van der Waals surface area contributed by atoms with Gasteiger partial charge >= 0.3 is 0 Å². The van der Waals surface area contributed by atoms with Gasteiger partial charge in [-0.3, -0.25) is 4.79 Å². The van der Waals surface area contributed by atoms with Crippen LogP contribution in [0, 0.1) is 0 Å². The maximum Gasteiger partial charge on any atom is 0.205 e. The van der Waals surface area contributed by atoms with E-state index in [0.29, 0.717) is 5.02 Å². The number of hydrogen-bond acceptors (Lipinski definition) is 1. The SMILES string of the molecule is O=C1/C(=C/c2ccccc2Cl)CCc2c1[nH]c1ccccc21. The lowest BCUT2D eigenvalue weighted by Gasteiger charge is -2.14. The van der Waals surface area contributed by atoms with Crippen LogP contribution in [0.25, 0.3) is 17.0 Å². The third-order valence-corrected chi connectivity index (χ3v) is 4.56. The molecule has 1 aliphatic rings. The third-order valence-electron chi connectivity index (χ3n) is 4.21. The van der Waals surface area contributed by atoms with Crippen molar-refractivity contribution in [3.05, 3.63) is 75.9 Å². The van der Waals surface area contributed by atoms with E-state index in [-0.39, 0.29) is 5.78 Å². The van der Waals surface area contributed by atoms with Crippen molar-refractivity contribution in [3.8, 4) is 0 Å². The van der Waals surface area contributed by atoms with Crippen molar-refractivity contribution < 1.29 is 4.79 Å². The van der Waals surface area contributed by atoms with Crippen molar-refractivity contribution in [2.24, 2.45) is 0 Å². The molecule has 0 unspecified atom stereocenters. The molecule has 108 valence electrons. The van der Waals surface area contributed by atoms with Gasteiger partial charge in [-0.05, 0) is 42.2 Å². The van der Waals surface area contributed by atoms with Gasteiger partial charge < -0.3 is 4.98 Å². The van der Waals surface area contributed by atoms with Crippen LogP contribution in [0.1, 0.15) is 28.0 Å². The molecule has 0 saturated carbocycles. The second-order valence-corrected chi connectivity index (χ2v) is 5.95. The van der Waals surface area contributed by atoms with Crippen LogP contribution in [0.15, 0.2) is 54.1 Å². The van der Waals surface area contributed by atoms with E-state index in [0.717, 1.165) is 46.1 Å². The first-order valence-electron chi connectivity index (χ1n) is 7.33. The number of aryl methyl sites for hydroxylation is 1. The van der Waals surface area contributed by atoms with E-state index in [1.54, 1.807) is 0 Å². The Labute approximate surface area is 133 Å². The quantitative estimate of drug-likeness (QED) is 0.628. The highest BCUT2D eigenvalue weighted by molar-refractivity contribution is 6.32. The van der Waals surface area contributed by atoms with Gasteiger partial charge in [0.1, 0.15) is 0 Å². The number of fused-ring (bicyclic) bond motifs is 3. The lowest BCUT2D eigenvalue weighted by atomic mass is 9.89. The molecule has 1 N–H and O–H groups in total. The number of allylic oxidation sites excluding steroid dienone is 1. The molecule has 0 fully saturated rings. The van der Waals surface area contributed by atoms with Crippen molar-refractivity contribution in [1.29, 1.82) is 0 Å². The Hall–Kier alpha value is -2.32. The van der Waals surface area contributed by atoms with Gasteiger partial charge in [0, 0.05) is 21.5 Å². The number of benzene rings is 2. The molecule has 0 bridgehead atoms. The minimum atomic E-state index is 0.0809. The predicted octanol–water partition coefficient (Wildman–Crippen LogP) is 5.03. The van der Waals surface area contributed by atoms with Gasteiger partial charge in [0.15, 0.2) is 0 Å². The molecule has 3 heteroatoms. The Morgan fingerprint density at radius 2 is 1.77 bits per heavy atom. The zero-order chi connectivity index (χ0) is 15.1. The predicted molar refractivity (Wildman–Crippen MR) is 90.4 cm³/mol. The van der Waals surface area contributed by atoms with E-state index in [9.17, 15) is 4.79 Å². The molecule has 0 atom stereocenters. The lowest BCUT2D eigenvalue weighted by molar-refractivity contribution is 0.102. The van der Waals surface area contributed by atoms with Gasteiger partial charge in [-0.15, -0.1) is 0 Å². The molecule has 2 nitrogen and oxygen atoms in total. The number of nitrogens with one attached hydrogen (secondary N) is 1. The minimum Gasteiger partial charge on any atom is -0.352 e. The summed E-state index contributed by atoms with van der Waals surface area (Å²) in [6.45, 7) is 0. The van der Waals surface area contributed by atoms with Crippen molar-refractivity contribution in [1.82, 2.24) is 4.98 Å². The van der Waals surface area contributed by atoms with E-state index in [1.165, 1.54) is 0 Å². The van der Waals surface area contributed by atoms with Crippen molar-refractivity contribution >= 4 is 34.4 Å². The highest BCUT2D eigenvalue weighted by Gasteiger charge is 2.25. The summed E-state index contributed by atoms with van der Waals surface area (Å²) in [6.07, 6.45) is 3.54. The van der Waals surface area contributed by atoms with Crippen LogP contribution in [-0.4, -0.2) is 10.8 Å². The van der Waals surface area contributed by atoms with E-state index >= 15 is 0 Å². The maximum atomic E-state index is 12.8. The number of H-pyrrole nitrogens is 1. The number of halogens is 1. The van der Waals surface area contributed by atoms with Crippen molar-refractivity contribution in [3.63, 3.8) is 0 Å². The summed E-state index contributed by atoms with van der Waals surface area (Å²) in [5, 5.41) is 1.83. The van der Waals surface area contributed by atoms with Crippen LogP contribution in [0.4, 0.5) is 0 Å². The number of hydrogen-bond donors (Lipinski definition) is 1. The second kappa shape index (κ2) is 5.15. The number of aromatic nitrogens is 1. The number of para-hydroxylation sites is 1. The van der Waals surface area contributed by atoms with E-state index < -0.39 is 0 Å². The molecule has 4 rings (SSSR count). The number of aromatic amines is 1. The fourth-order valence-electron chi connectivity index (χ4n) is 3.10. The van der Waals surface area contributed by atoms with Gasteiger partial charge in [0.05, 0.1) is 5.69 Å². The zero-order valence-electron chi connectivity index (χ0n) is 11.9. The van der Waals surface area contributed by atoms with E-state index in [2.05, 4.69) is 11.1 Å². The summed E-state index contributed by atoms with van der Waals surface area (Å²) < 4.78 is 0. The van der Waals surface area contributed by atoms with E-state index in [4.69, 9.17) is 11.6 Å². The number of ketones is 1. The number of Topliss-reactive ketones (excluding diaryl/α,β-unsaturated/α-hetero) is 1. The number of carbonyl (C=O) groups excluding carboxylic acids is 1. The van der Waals surface area contributed by atoms with Crippen molar-refractivity contribution in [2.45, 2.75) is 12.8 Å².